The number of rotatable bonds is 0. The highest BCUT2D eigenvalue weighted by atomic mass is 35.5. The third kappa shape index (κ3) is 2.78. The van der Waals surface area contributed by atoms with E-state index in [2.05, 4.69) is 4.98 Å². The van der Waals surface area contributed by atoms with Crippen molar-refractivity contribution in [1.82, 2.24) is 9.88 Å². The van der Waals surface area contributed by atoms with E-state index in [0.29, 0.717) is 11.0 Å². The van der Waals surface area contributed by atoms with Crippen molar-refractivity contribution in [3.05, 3.63) is 15.0 Å². The van der Waals surface area contributed by atoms with Crippen LogP contribution in [-0.2, 0) is 11.2 Å². The third-order valence-electron chi connectivity index (χ3n) is 2.77. The van der Waals surface area contributed by atoms with E-state index in [0.717, 1.165) is 17.0 Å². The van der Waals surface area contributed by atoms with Crippen LogP contribution in [0.15, 0.2) is 0 Å². The summed E-state index contributed by atoms with van der Waals surface area (Å²) < 4.78 is 5.95. The van der Waals surface area contributed by atoms with E-state index in [1.807, 2.05) is 27.7 Å². The molecule has 2 heterocycles. The molecule has 0 unspecified atom stereocenters. The van der Waals surface area contributed by atoms with E-state index < -0.39 is 5.60 Å². The van der Waals surface area contributed by atoms with E-state index in [-0.39, 0.29) is 12.1 Å². The molecule has 0 radical (unpaired) electrons. The Bertz CT molecular complexity index is 467. The summed E-state index contributed by atoms with van der Waals surface area (Å²) in [6.45, 7) is 8.22. The van der Waals surface area contributed by atoms with Crippen LogP contribution in [0, 0.1) is 0 Å². The van der Waals surface area contributed by atoms with Crippen molar-refractivity contribution < 1.29 is 9.53 Å². The van der Waals surface area contributed by atoms with Crippen molar-refractivity contribution in [3.63, 3.8) is 0 Å². The predicted octanol–water partition coefficient (Wildman–Crippen LogP) is 3.65. The molecule has 4 nitrogen and oxygen atoms in total. The number of aromatic nitrogens is 1. The van der Waals surface area contributed by atoms with Gasteiger partial charge in [0.05, 0.1) is 16.6 Å². The number of amides is 1. The monoisotopic (exact) mass is 288 g/mol. The van der Waals surface area contributed by atoms with Gasteiger partial charge >= 0.3 is 6.09 Å². The third-order valence-corrected chi connectivity index (χ3v) is 4.14. The van der Waals surface area contributed by atoms with E-state index in [1.165, 1.54) is 11.3 Å². The van der Waals surface area contributed by atoms with Crippen LogP contribution in [0.1, 0.15) is 44.3 Å². The van der Waals surface area contributed by atoms with Gasteiger partial charge in [-0.25, -0.2) is 9.78 Å². The molecule has 1 aromatic heterocycles. The van der Waals surface area contributed by atoms with E-state index in [4.69, 9.17) is 16.3 Å². The molecule has 1 aliphatic heterocycles. The predicted molar refractivity (Wildman–Crippen MR) is 72.2 cm³/mol. The zero-order valence-corrected chi connectivity index (χ0v) is 12.6. The summed E-state index contributed by atoms with van der Waals surface area (Å²) in [7, 11) is 0. The van der Waals surface area contributed by atoms with Crippen LogP contribution < -0.4 is 0 Å². The van der Waals surface area contributed by atoms with Gasteiger partial charge in [0.25, 0.3) is 0 Å². The molecule has 0 fully saturated rings. The molecule has 2 rings (SSSR count). The second-order valence-corrected chi connectivity index (χ2v) is 6.99. The molecule has 6 heteroatoms. The second kappa shape index (κ2) is 4.70. The summed E-state index contributed by atoms with van der Waals surface area (Å²) in [5, 5.41) is 0. The molecular weight excluding hydrogens is 272 g/mol. The lowest BCUT2D eigenvalue weighted by Crippen LogP contribution is -2.41. The maximum absolute atomic E-state index is 12.1. The summed E-state index contributed by atoms with van der Waals surface area (Å²) in [6, 6.07) is -0.0198. The summed E-state index contributed by atoms with van der Waals surface area (Å²) in [4.78, 5) is 19.2. The first-order valence-electron chi connectivity index (χ1n) is 5.92. The van der Waals surface area contributed by atoms with Gasteiger partial charge in [0.15, 0.2) is 4.47 Å². The number of halogens is 1. The summed E-state index contributed by atoms with van der Waals surface area (Å²) in [5.74, 6) is 0. The largest absolute Gasteiger partial charge is 0.444 e. The molecule has 0 bridgehead atoms. The lowest BCUT2D eigenvalue weighted by atomic mass is 10.1. The van der Waals surface area contributed by atoms with Gasteiger partial charge in [0.2, 0.25) is 0 Å². The zero-order valence-electron chi connectivity index (χ0n) is 11.0. The van der Waals surface area contributed by atoms with E-state index in [9.17, 15) is 4.79 Å². The van der Waals surface area contributed by atoms with Crippen molar-refractivity contribution >= 4 is 29.0 Å². The molecule has 0 saturated carbocycles. The van der Waals surface area contributed by atoms with E-state index >= 15 is 0 Å². The minimum absolute atomic E-state index is 0.0198. The van der Waals surface area contributed by atoms with Gasteiger partial charge in [-0.15, -0.1) is 11.3 Å². The molecule has 1 aliphatic rings. The molecular formula is C12H17ClN2O2S. The number of nitrogens with zero attached hydrogens (tertiary/aromatic N) is 2. The minimum Gasteiger partial charge on any atom is -0.444 e. The van der Waals surface area contributed by atoms with Gasteiger partial charge in [0.1, 0.15) is 5.60 Å². The van der Waals surface area contributed by atoms with Crippen LogP contribution in [0.4, 0.5) is 4.79 Å². The van der Waals surface area contributed by atoms with Gasteiger partial charge in [0, 0.05) is 13.0 Å². The number of hydrogen-bond donors (Lipinski definition) is 0. The lowest BCUT2D eigenvalue weighted by molar-refractivity contribution is 0.0162. The van der Waals surface area contributed by atoms with Gasteiger partial charge in [-0.05, 0) is 27.7 Å². The fourth-order valence-corrected chi connectivity index (χ4v) is 3.22. The van der Waals surface area contributed by atoms with Crippen LogP contribution in [-0.4, -0.2) is 28.1 Å². The Hall–Kier alpha value is -0.810. The standard InChI is InChI=1S/C12H17ClN2O2S/c1-7-9-8(14-10(13)18-9)5-6-15(7)11(16)17-12(2,3)4/h7H,5-6H2,1-4H3/t7-/m1/s1. The maximum Gasteiger partial charge on any atom is 0.410 e. The topological polar surface area (TPSA) is 42.4 Å². The number of fused-ring (bicyclic) bond motifs is 1. The Morgan fingerprint density at radius 3 is 2.83 bits per heavy atom. The van der Waals surface area contributed by atoms with Gasteiger partial charge in [-0.1, -0.05) is 11.6 Å². The molecule has 0 aromatic carbocycles. The highest BCUT2D eigenvalue weighted by Crippen LogP contribution is 2.36. The molecule has 0 N–H and O–H groups in total. The first kappa shape index (κ1) is 13.6. The fourth-order valence-electron chi connectivity index (χ4n) is 1.97. The van der Waals surface area contributed by atoms with Gasteiger partial charge < -0.3 is 9.64 Å². The minimum atomic E-state index is -0.470. The number of carbonyl (C=O) groups excluding carboxylic acids is 1. The van der Waals surface area contributed by atoms with Crippen molar-refractivity contribution in [2.75, 3.05) is 6.54 Å². The Kier molecular flexibility index (Phi) is 3.56. The maximum atomic E-state index is 12.1. The molecule has 0 aliphatic carbocycles. The molecule has 0 saturated heterocycles. The normalized spacial score (nSPS) is 19.6. The first-order chi connectivity index (χ1) is 8.28. The van der Waals surface area contributed by atoms with Crippen LogP contribution >= 0.6 is 22.9 Å². The van der Waals surface area contributed by atoms with Crippen LogP contribution in [0.25, 0.3) is 0 Å². The molecule has 100 valence electrons. The molecule has 0 spiro atoms. The molecule has 1 aromatic rings. The average Bonchev–Trinajstić information content (AvgIpc) is 2.57. The summed E-state index contributed by atoms with van der Waals surface area (Å²) >= 11 is 7.36. The van der Waals surface area contributed by atoms with Crippen LogP contribution in [0.2, 0.25) is 4.47 Å². The van der Waals surface area contributed by atoms with Gasteiger partial charge in [-0.2, -0.15) is 0 Å². The lowest BCUT2D eigenvalue weighted by Gasteiger charge is -2.34. The smallest absolute Gasteiger partial charge is 0.410 e. The number of carbonyl (C=O) groups is 1. The molecule has 1 atom stereocenters. The Balaban J connectivity index is 2.16. The Morgan fingerprint density at radius 2 is 2.22 bits per heavy atom. The van der Waals surface area contributed by atoms with Crippen molar-refractivity contribution in [1.29, 1.82) is 0 Å². The second-order valence-electron chi connectivity index (χ2n) is 5.38. The number of hydrogen-bond acceptors (Lipinski definition) is 4. The van der Waals surface area contributed by atoms with Crippen LogP contribution in [0.3, 0.4) is 0 Å². The Morgan fingerprint density at radius 1 is 1.56 bits per heavy atom. The zero-order chi connectivity index (χ0) is 13.5. The van der Waals surface area contributed by atoms with Gasteiger partial charge in [-0.3, -0.25) is 0 Å². The summed E-state index contributed by atoms with van der Waals surface area (Å²) in [6.07, 6.45) is 0.465. The fraction of sp³-hybridized carbons (Fsp3) is 0.667. The quantitative estimate of drug-likeness (QED) is 0.732. The highest BCUT2D eigenvalue weighted by molar-refractivity contribution is 7.15. The number of thiazole rings is 1. The SMILES string of the molecule is C[C@@H]1c2sc(Cl)nc2CCN1C(=O)OC(C)(C)C. The average molecular weight is 289 g/mol. The Labute approximate surface area is 116 Å². The van der Waals surface area contributed by atoms with Crippen molar-refractivity contribution in [2.45, 2.75) is 45.8 Å². The van der Waals surface area contributed by atoms with E-state index in [1.54, 1.807) is 4.90 Å². The molecule has 18 heavy (non-hydrogen) atoms. The van der Waals surface area contributed by atoms with Crippen molar-refractivity contribution in [2.24, 2.45) is 0 Å². The number of ether oxygens (including phenoxy) is 1. The first-order valence-corrected chi connectivity index (χ1v) is 7.12. The van der Waals surface area contributed by atoms with Crippen LogP contribution in [0.5, 0.6) is 0 Å². The molecule has 1 amide bonds. The van der Waals surface area contributed by atoms with Crippen molar-refractivity contribution in [3.8, 4) is 0 Å². The summed E-state index contributed by atoms with van der Waals surface area (Å²) in [5.41, 5.74) is 0.542. The highest BCUT2D eigenvalue weighted by Gasteiger charge is 2.33.